The maximum Gasteiger partial charge on any atom is 0.336 e. The van der Waals surface area contributed by atoms with E-state index in [4.69, 9.17) is 20.9 Å². The molecule has 2 atom stereocenters. The van der Waals surface area contributed by atoms with Gasteiger partial charge in [0.25, 0.3) is 0 Å². The largest absolute Gasteiger partial charge is 0.467 e. The van der Waals surface area contributed by atoms with Gasteiger partial charge in [-0.2, -0.15) is 0 Å². The number of hydrogen-bond donors (Lipinski definition) is 2. The zero-order chi connectivity index (χ0) is 61.4. The lowest BCUT2D eigenvalue weighted by atomic mass is 9.71. The first-order valence-electron chi connectivity index (χ1n) is 33.9. The van der Waals surface area contributed by atoms with Gasteiger partial charge in [-0.15, -0.1) is 0 Å². The summed E-state index contributed by atoms with van der Waals surface area (Å²) in [7, 11) is 3.02. The van der Waals surface area contributed by atoms with E-state index in [1.165, 1.54) is 0 Å². The van der Waals surface area contributed by atoms with Crippen molar-refractivity contribution in [3.8, 4) is 0 Å². The maximum absolute atomic E-state index is 16.0. The van der Waals surface area contributed by atoms with Crippen molar-refractivity contribution in [1.29, 1.82) is 0 Å². The Morgan fingerprint density at radius 1 is 0.256 bits per heavy atom. The minimum absolute atomic E-state index is 0.249. The van der Waals surface area contributed by atoms with Gasteiger partial charge in [0.15, 0.2) is 44.2 Å². The summed E-state index contributed by atoms with van der Waals surface area (Å²) in [5.41, 5.74) is 8.96. The van der Waals surface area contributed by atoms with Gasteiger partial charge in [0.05, 0.1) is 14.2 Å². The van der Waals surface area contributed by atoms with Crippen LogP contribution in [0.5, 0.6) is 0 Å². The summed E-state index contributed by atoms with van der Waals surface area (Å²) in [5, 5.41) is 0. The van der Waals surface area contributed by atoms with Gasteiger partial charge in [-0.3, -0.25) is 28.8 Å². The molecule has 0 fully saturated rings. The van der Waals surface area contributed by atoms with Gasteiger partial charge in [-0.1, -0.05) is 294 Å². The standard InChI is InChI=1S/C68H124N2O10S2/c1-9-15-21-27-33-39-45-51-57(71)65(69,63(77)79-7)67(59(73)53-47-41-35-29-23-17-11-3,60(74)54-48-42-36-30-24-18-12-4)81-82-68(61(75)55-49-43-37-31-25-19-13-5,62(76)56-50-44-38-32-26-20-14-6)66(70,64(78)80-8)58(72)52-46-40-34-28-22-16-10-2/h9-56,69-70H2,1-8H3/t65-,66-/m1/s1. The third-order valence-electron chi connectivity index (χ3n) is 16.9. The molecule has 0 rings (SSSR count). The molecule has 0 spiro atoms. The lowest BCUT2D eigenvalue weighted by molar-refractivity contribution is -0.158. The molecule has 14 heteroatoms. The molecule has 4 N–H and O–H groups in total. The van der Waals surface area contributed by atoms with E-state index in [1.807, 2.05) is 0 Å². The third-order valence-corrected chi connectivity index (χ3v) is 20.8. The molecular formula is C68H124N2O10S2. The van der Waals surface area contributed by atoms with Crippen molar-refractivity contribution < 1.29 is 47.8 Å². The van der Waals surface area contributed by atoms with Crippen LogP contribution in [0, 0.1) is 0 Å². The zero-order valence-corrected chi connectivity index (χ0v) is 55.6. The monoisotopic (exact) mass is 1190 g/mol. The van der Waals surface area contributed by atoms with E-state index in [0.29, 0.717) is 98.6 Å². The van der Waals surface area contributed by atoms with Crippen LogP contribution < -0.4 is 11.5 Å². The molecule has 0 bridgehead atoms. The minimum Gasteiger partial charge on any atom is -0.467 e. The van der Waals surface area contributed by atoms with Crippen molar-refractivity contribution in [1.82, 2.24) is 0 Å². The topological polar surface area (TPSA) is 207 Å². The van der Waals surface area contributed by atoms with E-state index in [9.17, 15) is 9.59 Å². The smallest absolute Gasteiger partial charge is 0.336 e. The normalized spacial score (nSPS) is 13.3. The van der Waals surface area contributed by atoms with E-state index in [0.717, 1.165) is 207 Å². The molecule has 478 valence electrons. The van der Waals surface area contributed by atoms with Crippen molar-refractivity contribution in [2.24, 2.45) is 11.5 Å². The summed E-state index contributed by atoms with van der Waals surface area (Å²) in [6.45, 7) is 12.8. The van der Waals surface area contributed by atoms with Crippen LogP contribution >= 0.6 is 21.6 Å². The number of Topliss-reactive ketones (excluding diaryl/α,β-unsaturated/α-hetero) is 6. The first-order chi connectivity index (χ1) is 39.6. The third kappa shape index (κ3) is 27.5. The molecule has 0 radical (unpaired) electrons. The number of nitrogens with two attached hydrogens (primary N) is 2. The van der Waals surface area contributed by atoms with Crippen LogP contribution in [0.2, 0.25) is 0 Å². The second-order valence-electron chi connectivity index (χ2n) is 23.9. The van der Waals surface area contributed by atoms with Gasteiger partial charge in [0.2, 0.25) is 11.1 Å². The summed E-state index contributed by atoms with van der Waals surface area (Å²) in [6, 6.07) is 0. The highest BCUT2D eigenvalue weighted by Gasteiger charge is 2.72. The number of carbonyl (C=O) groups excluding carboxylic acids is 8. The summed E-state index contributed by atoms with van der Waals surface area (Å²) in [4.78, 5) is 125. The molecule has 0 aromatic heterocycles. The van der Waals surface area contributed by atoms with Crippen molar-refractivity contribution in [3.63, 3.8) is 0 Å². The Balaban J connectivity index is 8.78. The second-order valence-corrected chi connectivity index (χ2v) is 26.5. The van der Waals surface area contributed by atoms with Crippen molar-refractivity contribution in [2.75, 3.05) is 14.2 Å². The van der Waals surface area contributed by atoms with Crippen molar-refractivity contribution >= 4 is 68.2 Å². The molecule has 0 aliphatic rings. The molecule has 0 aromatic carbocycles. The molecule has 0 heterocycles. The quantitative estimate of drug-likeness (QED) is 0.0251. The number of unbranched alkanes of at least 4 members (excludes halogenated alkanes) is 36. The van der Waals surface area contributed by atoms with Crippen LogP contribution in [-0.4, -0.2) is 81.4 Å². The zero-order valence-electron chi connectivity index (χ0n) is 54.0. The number of rotatable bonds is 61. The van der Waals surface area contributed by atoms with E-state index >= 15 is 28.8 Å². The number of methoxy groups -OCH3 is 2. The Labute approximate surface area is 509 Å². The van der Waals surface area contributed by atoms with Gasteiger partial charge in [-0.05, 0) is 38.5 Å². The SMILES string of the molecule is CCCCCCCCCC(=O)C(SSC(C(=O)CCCCCCCCC)(C(=O)CCCCCCCCC)[C@@](N)(C(=O)CCCCCCCCC)C(=O)OC)(C(=O)CCCCCCCCC)[C@@](N)(C(=O)CCCCCCCCC)C(=O)OC. The minimum atomic E-state index is -2.95. The highest BCUT2D eigenvalue weighted by Crippen LogP contribution is 2.56. The van der Waals surface area contributed by atoms with Gasteiger partial charge in [0.1, 0.15) is 0 Å². The van der Waals surface area contributed by atoms with E-state index in [-0.39, 0.29) is 38.5 Å². The Bertz CT molecular complexity index is 1570. The number of ether oxygens (including phenoxy) is 2. The Morgan fingerprint density at radius 2 is 0.402 bits per heavy atom. The van der Waals surface area contributed by atoms with Gasteiger partial charge in [-0.25, -0.2) is 9.59 Å². The van der Waals surface area contributed by atoms with Crippen LogP contribution in [0.4, 0.5) is 0 Å². The first-order valence-corrected chi connectivity index (χ1v) is 36.0. The lowest BCUT2D eigenvalue weighted by Crippen LogP contribution is -2.76. The fraction of sp³-hybridized carbons (Fsp3) is 0.882. The Hall–Kier alpha value is -2.42. The average molecular weight is 1190 g/mol. The van der Waals surface area contributed by atoms with Crippen LogP contribution in [0.3, 0.4) is 0 Å². The predicted octanol–water partition coefficient (Wildman–Crippen LogP) is 17.8. The molecule has 0 saturated carbocycles. The van der Waals surface area contributed by atoms with E-state index < -0.39 is 67.2 Å². The fourth-order valence-electron chi connectivity index (χ4n) is 11.4. The molecule has 0 aliphatic heterocycles. The van der Waals surface area contributed by atoms with Gasteiger partial charge < -0.3 is 20.9 Å². The number of ketones is 6. The maximum atomic E-state index is 16.0. The predicted molar refractivity (Wildman–Crippen MR) is 344 cm³/mol. The number of esters is 2. The molecule has 82 heavy (non-hydrogen) atoms. The molecule has 0 amide bonds. The summed E-state index contributed by atoms with van der Waals surface area (Å²) < 4.78 is 5.34. The Morgan fingerprint density at radius 3 is 0.561 bits per heavy atom. The van der Waals surface area contributed by atoms with Crippen LogP contribution in [-0.2, 0) is 47.8 Å². The number of carbonyl (C=O) groups is 8. The fourth-order valence-corrected chi connectivity index (χ4v) is 15.8. The average Bonchev–Trinajstić information content (AvgIpc) is 1.95. The molecule has 0 aliphatic carbocycles. The van der Waals surface area contributed by atoms with E-state index in [2.05, 4.69) is 41.5 Å². The molecule has 0 unspecified atom stereocenters. The van der Waals surface area contributed by atoms with Crippen LogP contribution in [0.25, 0.3) is 0 Å². The highest BCUT2D eigenvalue weighted by molar-refractivity contribution is 8.78. The molecule has 12 nitrogen and oxygen atoms in total. The first kappa shape index (κ1) is 79.6. The summed E-state index contributed by atoms with van der Waals surface area (Å²) in [6.07, 6.45) is 33.8. The van der Waals surface area contributed by atoms with Crippen LogP contribution in [0.1, 0.15) is 350 Å². The van der Waals surface area contributed by atoms with Crippen LogP contribution in [0.15, 0.2) is 0 Å². The summed E-state index contributed by atoms with van der Waals surface area (Å²) >= 11 is 0. The Kier molecular flexibility index (Phi) is 48.2. The molecule has 0 aromatic rings. The molecular weight excluding hydrogens is 1070 g/mol. The lowest BCUT2D eigenvalue weighted by Gasteiger charge is -2.46. The van der Waals surface area contributed by atoms with Crippen molar-refractivity contribution in [3.05, 3.63) is 0 Å². The van der Waals surface area contributed by atoms with Gasteiger partial charge >= 0.3 is 11.9 Å². The highest BCUT2D eigenvalue weighted by atomic mass is 33.1. The second kappa shape index (κ2) is 49.7. The van der Waals surface area contributed by atoms with E-state index in [1.54, 1.807) is 0 Å². The molecule has 0 saturated heterocycles. The number of hydrogen-bond acceptors (Lipinski definition) is 14. The summed E-state index contributed by atoms with van der Waals surface area (Å²) in [5.74, 6) is -7.48. The van der Waals surface area contributed by atoms with Gasteiger partial charge in [0, 0.05) is 38.5 Å². The van der Waals surface area contributed by atoms with Crippen molar-refractivity contribution in [2.45, 2.75) is 370 Å².